The Hall–Kier alpha value is -0.920. The van der Waals surface area contributed by atoms with E-state index in [1.807, 2.05) is 12.1 Å². The van der Waals surface area contributed by atoms with Crippen molar-refractivity contribution in [2.45, 2.75) is 31.8 Å². The lowest BCUT2D eigenvalue weighted by Gasteiger charge is -2.36. The van der Waals surface area contributed by atoms with E-state index < -0.39 is 0 Å². The number of H-pyrrole nitrogens is 1. The molecule has 0 bridgehead atoms. The SMILES string of the molecule is CC1C(N)CCCN1c1n[nH]c(-c2ccc(Br)s2)n1. The van der Waals surface area contributed by atoms with Crippen LogP contribution in [0, 0.1) is 0 Å². The van der Waals surface area contributed by atoms with Gasteiger partial charge in [0.25, 0.3) is 0 Å². The van der Waals surface area contributed by atoms with Gasteiger partial charge in [-0.15, -0.1) is 16.4 Å². The third-order valence-corrected chi connectivity index (χ3v) is 5.22. The minimum absolute atomic E-state index is 0.201. The van der Waals surface area contributed by atoms with Crippen molar-refractivity contribution in [3.8, 4) is 10.7 Å². The molecule has 2 atom stereocenters. The van der Waals surface area contributed by atoms with Crippen molar-refractivity contribution in [1.29, 1.82) is 0 Å². The molecule has 19 heavy (non-hydrogen) atoms. The van der Waals surface area contributed by atoms with E-state index >= 15 is 0 Å². The van der Waals surface area contributed by atoms with E-state index in [0.29, 0.717) is 0 Å². The van der Waals surface area contributed by atoms with Crippen molar-refractivity contribution < 1.29 is 0 Å². The molecular weight excluding hydrogens is 326 g/mol. The van der Waals surface area contributed by atoms with Crippen molar-refractivity contribution in [1.82, 2.24) is 15.2 Å². The van der Waals surface area contributed by atoms with Crippen LogP contribution in [0.2, 0.25) is 0 Å². The van der Waals surface area contributed by atoms with Crippen LogP contribution in [-0.4, -0.2) is 33.8 Å². The summed E-state index contributed by atoms with van der Waals surface area (Å²) in [6.45, 7) is 3.11. The van der Waals surface area contributed by atoms with Gasteiger partial charge in [-0.25, -0.2) is 0 Å². The van der Waals surface area contributed by atoms with Crippen LogP contribution in [0.25, 0.3) is 10.7 Å². The van der Waals surface area contributed by atoms with Gasteiger partial charge in [0.1, 0.15) is 0 Å². The van der Waals surface area contributed by atoms with E-state index in [9.17, 15) is 0 Å². The molecule has 2 aromatic heterocycles. The summed E-state index contributed by atoms with van der Waals surface area (Å²) in [5.41, 5.74) is 6.12. The fourth-order valence-electron chi connectivity index (χ4n) is 2.39. The van der Waals surface area contributed by atoms with E-state index in [1.165, 1.54) is 0 Å². The number of piperidine rings is 1. The van der Waals surface area contributed by atoms with Gasteiger partial charge in [-0.1, -0.05) is 0 Å². The zero-order valence-electron chi connectivity index (χ0n) is 10.6. The van der Waals surface area contributed by atoms with Gasteiger partial charge >= 0.3 is 0 Å². The van der Waals surface area contributed by atoms with Crippen LogP contribution in [0.3, 0.4) is 0 Å². The molecule has 7 heteroatoms. The molecule has 1 saturated heterocycles. The van der Waals surface area contributed by atoms with E-state index in [-0.39, 0.29) is 12.1 Å². The van der Waals surface area contributed by atoms with Crippen LogP contribution in [0.1, 0.15) is 19.8 Å². The number of nitrogens with zero attached hydrogens (tertiary/aromatic N) is 3. The van der Waals surface area contributed by atoms with Crippen LogP contribution >= 0.6 is 27.3 Å². The summed E-state index contributed by atoms with van der Waals surface area (Å²) in [7, 11) is 0. The summed E-state index contributed by atoms with van der Waals surface area (Å²) >= 11 is 5.10. The molecule has 3 heterocycles. The molecule has 0 radical (unpaired) electrons. The van der Waals surface area contributed by atoms with E-state index in [0.717, 1.165) is 39.8 Å². The third-order valence-electron chi connectivity index (χ3n) is 3.58. The summed E-state index contributed by atoms with van der Waals surface area (Å²) in [5, 5.41) is 7.35. The Bertz CT molecular complexity index is 566. The molecular formula is C12H16BrN5S. The number of nitrogens with two attached hydrogens (primary N) is 1. The number of aromatic amines is 1. The second-order valence-corrected chi connectivity index (χ2v) is 7.29. The molecule has 0 saturated carbocycles. The van der Waals surface area contributed by atoms with E-state index in [4.69, 9.17) is 5.73 Å². The molecule has 1 aliphatic heterocycles. The number of halogens is 1. The molecule has 2 aromatic rings. The first-order valence-electron chi connectivity index (χ1n) is 6.35. The molecule has 1 fully saturated rings. The number of hydrogen-bond acceptors (Lipinski definition) is 5. The Balaban J connectivity index is 1.84. The van der Waals surface area contributed by atoms with Gasteiger partial charge < -0.3 is 10.6 Å². The predicted octanol–water partition coefficient (Wildman–Crippen LogP) is 2.61. The molecule has 1 aliphatic rings. The van der Waals surface area contributed by atoms with Gasteiger partial charge in [0.2, 0.25) is 5.95 Å². The number of anilines is 1. The molecule has 3 N–H and O–H groups in total. The Morgan fingerprint density at radius 2 is 2.37 bits per heavy atom. The van der Waals surface area contributed by atoms with E-state index in [1.54, 1.807) is 11.3 Å². The average molecular weight is 342 g/mol. The standard InChI is InChI=1S/C12H16BrN5S/c1-7-8(14)3-2-6-18(7)12-15-11(16-17-12)9-4-5-10(13)19-9/h4-5,7-8H,2-3,6,14H2,1H3,(H,15,16,17). The first-order valence-corrected chi connectivity index (χ1v) is 7.96. The number of aromatic nitrogens is 3. The molecule has 3 rings (SSSR count). The Morgan fingerprint density at radius 1 is 1.53 bits per heavy atom. The number of thiophene rings is 1. The van der Waals surface area contributed by atoms with Crippen LogP contribution in [0.15, 0.2) is 15.9 Å². The summed E-state index contributed by atoms with van der Waals surface area (Å²) in [4.78, 5) is 7.87. The summed E-state index contributed by atoms with van der Waals surface area (Å²) in [6, 6.07) is 4.53. The highest BCUT2D eigenvalue weighted by molar-refractivity contribution is 9.11. The zero-order chi connectivity index (χ0) is 13.4. The largest absolute Gasteiger partial charge is 0.335 e. The van der Waals surface area contributed by atoms with Crippen molar-refractivity contribution in [2.24, 2.45) is 5.73 Å². The molecule has 0 aromatic carbocycles. The van der Waals surface area contributed by atoms with Crippen molar-refractivity contribution in [3.63, 3.8) is 0 Å². The maximum atomic E-state index is 6.12. The van der Waals surface area contributed by atoms with Gasteiger partial charge in [0, 0.05) is 18.6 Å². The molecule has 0 aliphatic carbocycles. The first-order chi connectivity index (χ1) is 9.15. The highest BCUT2D eigenvalue weighted by Crippen LogP contribution is 2.30. The second-order valence-electron chi connectivity index (χ2n) is 4.83. The fraction of sp³-hybridized carbons (Fsp3) is 0.500. The summed E-state index contributed by atoms with van der Waals surface area (Å²) < 4.78 is 1.09. The maximum absolute atomic E-state index is 6.12. The Labute approximate surface area is 124 Å². The lowest BCUT2D eigenvalue weighted by Crippen LogP contribution is -2.50. The predicted molar refractivity (Wildman–Crippen MR) is 81.4 cm³/mol. The maximum Gasteiger partial charge on any atom is 0.245 e. The summed E-state index contributed by atoms with van der Waals surface area (Å²) in [6.07, 6.45) is 2.17. The van der Waals surface area contributed by atoms with Gasteiger partial charge in [0.05, 0.1) is 8.66 Å². The number of rotatable bonds is 2. The van der Waals surface area contributed by atoms with Crippen LogP contribution in [0.5, 0.6) is 0 Å². The minimum atomic E-state index is 0.201. The Kier molecular flexibility index (Phi) is 3.60. The van der Waals surface area contributed by atoms with Crippen molar-refractivity contribution in [3.05, 3.63) is 15.9 Å². The average Bonchev–Trinajstić information content (AvgIpc) is 3.01. The summed E-state index contributed by atoms with van der Waals surface area (Å²) in [5.74, 6) is 1.57. The van der Waals surface area contributed by atoms with Gasteiger partial charge in [-0.3, -0.25) is 5.10 Å². The lowest BCUT2D eigenvalue weighted by molar-refractivity contribution is 0.416. The highest BCUT2D eigenvalue weighted by atomic mass is 79.9. The quantitative estimate of drug-likeness (QED) is 0.880. The first kappa shape index (κ1) is 13.1. The molecule has 0 spiro atoms. The van der Waals surface area contributed by atoms with Crippen LogP contribution < -0.4 is 10.6 Å². The van der Waals surface area contributed by atoms with Crippen LogP contribution in [-0.2, 0) is 0 Å². The monoisotopic (exact) mass is 341 g/mol. The lowest BCUT2D eigenvalue weighted by atomic mass is 9.99. The van der Waals surface area contributed by atoms with Gasteiger partial charge in [-0.05, 0) is 47.8 Å². The van der Waals surface area contributed by atoms with Gasteiger partial charge in [0.15, 0.2) is 5.82 Å². The second kappa shape index (κ2) is 5.22. The van der Waals surface area contributed by atoms with Crippen molar-refractivity contribution >= 4 is 33.2 Å². The van der Waals surface area contributed by atoms with Crippen molar-refractivity contribution in [2.75, 3.05) is 11.4 Å². The molecule has 0 amide bonds. The van der Waals surface area contributed by atoms with E-state index in [2.05, 4.69) is 42.9 Å². The molecule has 102 valence electrons. The van der Waals surface area contributed by atoms with Crippen LogP contribution in [0.4, 0.5) is 5.95 Å². The fourth-order valence-corrected chi connectivity index (χ4v) is 3.71. The minimum Gasteiger partial charge on any atom is -0.335 e. The van der Waals surface area contributed by atoms with Gasteiger partial charge in [-0.2, -0.15) is 4.98 Å². The molecule has 5 nitrogen and oxygen atoms in total. The Morgan fingerprint density at radius 3 is 3.11 bits per heavy atom. The third kappa shape index (κ3) is 2.54. The number of nitrogens with one attached hydrogen (secondary N) is 1. The zero-order valence-corrected chi connectivity index (χ0v) is 13.0. The topological polar surface area (TPSA) is 70.8 Å². The number of hydrogen-bond donors (Lipinski definition) is 2. The smallest absolute Gasteiger partial charge is 0.245 e. The highest BCUT2D eigenvalue weighted by Gasteiger charge is 2.27. The normalized spacial score (nSPS) is 23.8. The molecule has 2 unspecified atom stereocenters.